The number of nitrogens with one attached hydrogen (secondary N) is 1. The van der Waals surface area contributed by atoms with Crippen LogP contribution in [0.25, 0.3) is 22.6 Å². The summed E-state index contributed by atoms with van der Waals surface area (Å²) in [7, 11) is 0. The monoisotopic (exact) mass is 423 g/mol. The number of anilines is 1. The van der Waals surface area contributed by atoms with Crippen molar-refractivity contribution in [2.24, 2.45) is 5.10 Å². The lowest BCUT2D eigenvalue weighted by molar-refractivity contribution is 0.575. The maximum Gasteiger partial charge on any atom is 0.203 e. The highest BCUT2D eigenvalue weighted by Gasteiger charge is 2.04. The molecule has 0 saturated carbocycles. The van der Waals surface area contributed by atoms with Crippen LogP contribution < -0.4 is 5.43 Å². The Kier molecular flexibility index (Phi) is 4.95. The van der Waals surface area contributed by atoms with E-state index in [0.29, 0.717) is 5.76 Å². The van der Waals surface area contributed by atoms with Crippen LogP contribution in [0.3, 0.4) is 0 Å². The maximum atomic E-state index is 5.80. The smallest absolute Gasteiger partial charge is 0.203 e. The van der Waals surface area contributed by atoms with Gasteiger partial charge in [0.2, 0.25) is 5.13 Å². The predicted molar refractivity (Wildman–Crippen MR) is 111 cm³/mol. The van der Waals surface area contributed by atoms with Crippen molar-refractivity contribution in [2.75, 3.05) is 5.43 Å². The Morgan fingerprint density at radius 3 is 2.58 bits per heavy atom. The first kappa shape index (κ1) is 16.8. The molecule has 0 radical (unpaired) electrons. The Hall–Kier alpha value is -2.70. The number of hydrazone groups is 1. The molecule has 0 aliphatic heterocycles. The summed E-state index contributed by atoms with van der Waals surface area (Å²) in [5, 5.41) is 6.95. The lowest BCUT2D eigenvalue weighted by Crippen LogP contribution is -1.89. The van der Waals surface area contributed by atoms with Gasteiger partial charge < -0.3 is 4.42 Å². The lowest BCUT2D eigenvalue weighted by Gasteiger charge is -1.96. The third-order valence-electron chi connectivity index (χ3n) is 3.68. The Morgan fingerprint density at radius 2 is 1.77 bits per heavy atom. The third-order valence-corrected chi connectivity index (χ3v) is 4.96. The van der Waals surface area contributed by atoms with Crippen molar-refractivity contribution in [2.45, 2.75) is 0 Å². The zero-order valence-electron chi connectivity index (χ0n) is 13.6. The summed E-state index contributed by atoms with van der Waals surface area (Å²) in [6, 6.07) is 21.9. The molecular formula is C20H14BrN3OS. The van der Waals surface area contributed by atoms with Gasteiger partial charge in [0.05, 0.1) is 11.9 Å². The van der Waals surface area contributed by atoms with Crippen molar-refractivity contribution in [1.82, 2.24) is 4.98 Å². The minimum atomic E-state index is 0.676. The summed E-state index contributed by atoms with van der Waals surface area (Å²) in [6.45, 7) is 0. The van der Waals surface area contributed by atoms with Gasteiger partial charge in [-0.25, -0.2) is 4.98 Å². The van der Waals surface area contributed by atoms with Gasteiger partial charge >= 0.3 is 0 Å². The van der Waals surface area contributed by atoms with Gasteiger partial charge in [-0.05, 0) is 24.3 Å². The number of hydrogen-bond acceptors (Lipinski definition) is 5. The fourth-order valence-corrected chi connectivity index (χ4v) is 3.34. The van der Waals surface area contributed by atoms with Gasteiger partial charge in [0.15, 0.2) is 0 Å². The van der Waals surface area contributed by atoms with Crippen LogP contribution in [-0.4, -0.2) is 11.2 Å². The Balaban J connectivity index is 1.42. The van der Waals surface area contributed by atoms with Gasteiger partial charge in [-0.15, -0.1) is 11.3 Å². The molecule has 0 unspecified atom stereocenters. The molecular weight excluding hydrogens is 410 g/mol. The highest BCUT2D eigenvalue weighted by atomic mass is 79.9. The molecule has 2 aromatic carbocycles. The molecule has 0 spiro atoms. The average Bonchev–Trinajstić information content (AvgIpc) is 3.33. The van der Waals surface area contributed by atoms with E-state index in [-0.39, 0.29) is 0 Å². The standard InChI is InChI=1S/C20H14BrN3OS/c21-16-8-6-15(7-9-16)19-11-10-17(25-19)12-22-24-20-23-18(13-26-20)14-4-2-1-3-5-14/h1-13H,(H,23,24)/b22-12+. The third kappa shape index (κ3) is 3.92. The average molecular weight is 424 g/mol. The van der Waals surface area contributed by atoms with Crippen molar-refractivity contribution in [3.8, 4) is 22.6 Å². The van der Waals surface area contributed by atoms with E-state index in [1.807, 2.05) is 72.1 Å². The fraction of sp³-hybridized carbons (Fsp3) is 0. The number of halogens is 1. The fourth-order valence-electron chi connectivity index (χ4n) is 2.41. The zero-order valence-corrected chi connectivity index (χ0v) is 16.0. The molecule has 4 aromatic rings. The first-order valence-corrected chi connectivity index (χ1v) is 9.61. The summed E-state index contributed by atoms with van der Waals surface area (Å²) >= 11 is 4.94. The van der Waals surface area contributed by atoms with Crippen LogP contribution >= 0.6 is 27.3 Å². The lowest BCUT2D eigenvalue weighted by atomic mass is 10.2. The van der Waals surface area contributed by atoms with E-state index in [2.05, 4.69) is 31.4 Å². The summed E-state index contributed by atoms with van der Waals surface area (Å²) in [6.07, 6.45) is 1.64. The van der Waals surface area contributed by atoms with Crippen molar-refractivity contribution in [3.63, 3.8) is 0 Å². The molecule has 0 bridgehead atoms. The minimum absolute atomic E-state index is 0.676. The van der Waals surface area contributed by atoms with Crippen LogP contribution in [0, 0.1) is 0 Å². The van der Waals surface area contributed by atoms with Crippen molar-refractivity contribution < 1.29 is 4.42 Å². The highest BCUT2D eigenvalue weighted by molar-refractivity contribution is 9.10. The Bertz CT molecular complexity index is 1020. The molecule has 2 heterocycles. The molecule has 6 heteroatoms. The maximum absolute atomic E-state index is 5.80. The topological polar surface area (TPSA) is 50.4 Å². The Labute approximate surface area is 163 Å². The number of nitrogens with zero attached hydrogens (tertiary/aromatic N) is 2. The molecule has 4 nitrogen and oxygen atoms in total. The van der Waals surface area contributed by atoms with Gasteiger partial charge in [-0.3, -0.25) is 5.43 Å². The molecule has 0 fully saturated rings. The van der Waals surface area contributed by atoms with Gasteiger partial charge in [-0.2, -0.15) is 5.10 Å². The molecule has 2 aromatic heterocycles. The number of rotatable bonds is 5. The van der Waals surface area contributed by atoms with Gasteiger partial charge in [-0.1, -0.05) is 58.4 Å². The molecule has 0 aliphatic carbocycles. The van der Waals surface area contributed by atoms with E-state index in [0.717, 1.165) is 32.2 Å². The molecule has 0 aliphatic rings. The second-order valence-electron chi connectivity index (χ2n) is 5.48. The predicted octanol–water partition coefficient (Wildman–Crippen LogP) is 6.28. The summed E-state index contributed by atoms with van der Waals surface area (Å²) in [5.74, 6) is 1.48. The number of benzene rings is 2. The van der Waals surface area contributed by atoms with E-state index in [1.54, 1.807) is 6.21 Å². The summed E-state index contributed by atoms with van der Waals surface area (Å²) in [4.78, 5) is 4.53. The van der Waals surface area contributed by atoms with Crippen LogP contribution in [0.15, 0.2) is 86.1 Å². The largest absolute Gasteiger partial charge is 0.455 e. The quantitative estimate of drug-likeness (QED) is 0.303. The number of thiazole rings is 1. The minimum Gasteiger partial charge on any atom is -0.455 e. The molecule has 26 heavy (non-hydrogen) atoms. The molecule has 0 saturated heterocycles. The first-order valence-electron chi connectivity index (χ1n) is 7.94. The van der Waals surface area contributed by atoms with Crippen LogP contribution in [-0.2, 0) is 0 Å². The van der Waals surface area contributed by atoms with E-state index in [4.69, 9.17) is 4.42 Å². The second kappa shape index (κ2) is 7.68. The van der Waals surface area contributed by atoms with Crippen LogP contribution in [0.4, 0.5) is 5.13 Å². The number of furan rings is 1. The molecule has 128 valence electrons. The molecule has 0 amide bonds. The van der Waals surface area contributed by atoms with E-state index < -0.39 is 0 Å². The van der Waals surface area contributed by atoms with Gasteiger partial charge in [0.1, 0.15) is 11.5 Å². The van der Waals surface area contributed by atoms with Crippen molar-refractivity contribution >= 4 is 38.6 Å². The van der Waals surface area contributed by atoms with Gasteiger partial charge in [0, 0.05) is 21.0 Å². The SMILES string of the molecule is Brc1ccc(-c2ccc(/C=N/Nc3nc(-c4ccccc4)cs3)o2)cc1. The normalized spacial score (nSPS) is 11.1. The number of hydrogen-bond donors (Lipinski definition) is 1. The van der Waals surface area contributed by atoms with Crippen LogP contribution in [0.5, 0.6) is 0 Å². The van der Waals surface area contributed by atoms with E-state index >= 15 is 0 Å². The molecule has 1 N–H and O–H groups in total. The number of aromatic nitrogens is 1. The van der Waals surface area contributed by atoms with Crippen LogP contribution in [0.1, 0.15) is 5.76 Å². The van der Waals surface area contributed by atoms with Crippen molar-refractivity contribution in [1.29, 1.82) is 0 Å². The highest BCUT2D eigenvalue weighted by Crippen LogP contribution is 2.25. The van der Waals surface area contributed by atoms with Crippen molar-refractivity contribution in [3.05, 3.63) is 82.3 Å². The second-order valence-corrected chi connectivity index (χ2v) is 7.26. The molecule has 0 atom stereocenters. The molecule has 4 rings (SSSR count). The Morgan fingerprint density at radius 1 is 0.962 bits per heavy atom. The zero-order chi connectivity index (χ0) is 17.8. The summed E-state index contributed by atoms with van der Waals surface area (Å²) < 4.78 is 6.84. The summed E-state index contributed by atoms with van der Waals surface area (Å²) in [5.41, 5.74) is 5.99. The van der Waals surface area contributed by atoms with E-state index in [1.165, 1.54) is 11.3 Å². The van der Waals surface area contributed by atoms with Gasteiger partial charge in [0.25, 0.3) is 0 Å². The van der Waals surface area contributed by atoms with E-state index in [9.17, 15) is 0 Å². The van der Waals surface area contributed by atoms with Crippen LogP contribution in [0.2, 0.25) is 0 Å². The first-order chi connectivity index (χ1) is 12.8.